The molecule has 2 nitrogen and oxygen atoms in total. The molecule has 2 N–H and O–H groups in total. The molecule has 0 bridgehead atoms. The van der Waals surface area contributed by atoms with Crippen molar-refractivity contribution < 1.29 is 10.2 Å². The molecule has 0 saturated heterocycles. The van der Waals surface area contributed by atoms with E-state index in [1.54, 1.807) is 41.5 Å². The van der Waals surface area contributed by atoms with Crippen molar-refractivity contribution in [1.82, 2.24) is 0 Å². The van der Waals surface area contributed by atoms with Gasteiger partial charge in [0.1, 0.15) is 0 Å². The average Bonchev–Trinajstić information content (AvgIpc) is 1.12. The largest absolute Gasteiger partial charge is 0.391 e. The number of hydrogen-bond acceptors (Lipinski definition) is 2. The SMILES string of the molecule is CC(C)(C)O.CC(C)(C)O.Cl.Cl. The second-order valence-corrected chi connectivity index (χ2v) is 4.34. The van der Waals surface area contributed by atoms with Gasteiger partial charge in [0.25, 0.3) is 0 Å². The lowest BCUT2D eigenvalue weighted by Gasteiger charge is -2.04. The van der Waals surface area contributed by atoms with Crippen LogP contribution in [0.2, 0.25) is 0 Å². The van der Waals surface area contributed by atoms with E-state index < -0.39 is 11.2 Å². The highest BCUT2D eigenvalue weighted by molar-refractivity contribution is 5.85. The Morgan fingerprint density at radius 1 is 0.583 bits per heavy atom. The Balaban J connectivity index is -0.0000000457. The van der Waals surface area contributed by atoms with Crippen LogP contribution in [0.3, 0.4) is 0 Å². The molecule has 0 aliphatic rings. The molecule has 0 saturated carbocycles. The zero-order valence-corrected chi connectivity index (χ0v) is 10.3. The fourth-order valence-electron chi connectivity index (χ4n) is 0. The van der Waals surface area contributed by atoms with Crippen molar-refractivity contribution in [3.8, 4) is 0 Å². The van der Waals surface area contributed by atoms with Crippen LogP contribution in [-0.2, 0) is 0 Å². The van der Waals surface area contributed by atoms with E-state index in [9.17, 15) is 0 Å². The van der Waals surface area contributed by atoms with Crippen LogP contribution >= 0.6 is 24.8 Å². The normalized spacial score (nSPS) is 10.0. The first-order valence-electron chi connectivity index (χ1n) is 3.45. The quantitative estimate of drug-likeness (QED) is 0.659. The lowest BCUT2D eigenvalue weighted by atomic mass is 10.2. The molecule has 0 rings (SSSR count). The number of aliphatic hydroxyl groups is 2. The maximum atomic E-state index is 8.52. The molecule has 0 amide bonds. The molecular formula is C8H22Cl2O2. The molecule has 12 heavy (non-hydrogen) atoms. The minimum atomic E-state index is -0.500. The summed E-state index contributed by atoms with van der Waals surface area (Å²) in [5.74, 6) is 0. The van der Waals surface area contributed by atoms with Gasteiger partial charge in [0.2, 0.25) is 0 Å². The van der Waals surface area contributed by atoms with Crippen LogP contribution in [0.15, 0.2) is 0 Å². The van der Waals surface area contributed by atoms with Gasteiger partial charge in [0.15, 0.2) is 0 Å². The highest BCUT2D eigenvalue weighted by Crippen LogP contribution is 1.93. The van der Waals surface area contributed by atoms with Gasteiger partial charge >= 0.3 is 0 Å². The van der Waals surface area contributed by atoms with E-state index in [-0.39, 0.29) is 24.8 Å². The topological polar surface area (TPSA) is 40.5 Å². The Morgan fingerprint density at radius 3 is 0.583 bits per heavy atom. The van der Waals surface area contributed by atoms with E-state index >= 15 is 0 Å². The van der Waals surface area contributed by atoms with Crippen molar-refractivity contribution >= 4 is 24.8 Å². The predicted octanol–water partition coefficient (Wildman–Crippen LogP) is 2.40. The molecule has 0 radical (unpaired) electrons. The maximum Gasteiger partial charge on any atom is 0.0563 e. The zero-order valence-electron chi connectivity index (χ0n) is 8.71. The van der Waals surface area contributed by atoms with Crippen LogP contribution in [0.5, 0.6) is 0 Å². The fraction of sp³-hybridized carbons (Fsp3) is 1.00. The predicted molar refractivity (Wildman–Crippen MR) is 58.4 cm³/mol. The van der Waals surface area contributed by atoms with Gasteiger partial charge in [-0.3, -0.25) is 0 Å². The summed E-state index contributed by atoms with van der Waals surface area (Å²) in [6.45, 7) is 10.5. The molecule has 0 spiro atoms. The van der Waals surface area contributed by atoms with Gasteiger partial charge in [-0.05, 0) is 41.5 Å². The summed E-state index contributed by atoms with van der Waals surface area (Å²) >= 11 is 0. The van der Waals surface area contributed by atoms with Gasteiger partial charge in [0.05, 0.1) is 11.2 Å². The molecule has 0 heterocycles. The van der Waals surface area contributed by atoms with Crippen molar-refractivity contribution in [2.75, 3.05) is 0 Å². The third-order valence-electron chi connectivity index (χ3n) is 0. The van der Waals surface area contributed by atoms with E-state index in [0.29, 0.717) is 0 Å². The molecule has 0 aromatic carbocycles. The van der Waals surface area contributed by atoms with E-state index in [2.05, 4.69) is 0 Å². The van der Waals surface area contributed by atoms with Crippen molar-refractivity contribution in [3.63, 3.8) is 0 Å². The summed E-state index contributed by atoms with van der Waals surface area (Å²) in [6.07, 6.45) is 0. The molecule has 80 valence electrons. The Morgan fingerprint density at radius 2 is 0.583 bits per heavy atom. The van der Waals surface area contributed by atoms with Gasteiger partial charge in [-0.25, -0.2) is 0 Å². The Hall–Kier alpha value is 0.500. The first kappa shape index (κ1) is 22.9. The van der Waals surface area contributed by atoms with Crippen LogP contribution in [-0.4, -0.2) is 21.4 Å². The number of hydrogen-bond donors (Lipinski definition) is 2. The Bertz CT molecular complexity index is 58.0. The first-order valence-corrected chi connectivity index (χ1v) is 3.45. The molecule has 0 aromatic heterocycles. The van der Waals surface area contributed by atoms with E-state index in [4.69, 9.17) is 10.2 Å². The Kier molecular flexibility index (Phi) is 15.5. The molecule has 0 fully saturated rings. The molecular weight excluding hydrogens is 199 g/mol. The van der Waals surface area contributed by atoms with Crippen molar-refractivity contribution in [3.05, 3.63) is 0 Å². The molecule has 0 unspecified atom stereocenters. The summed E-state index contributed by atoms with van der Waals surface area (Å²) in [6, 6.07) is 0. The average molecular weight is 221 g/mol. The van der Waals surface area contributed by atoms with Crippen LogP contribution < -0.4 is 0 Å². The highest BCUT2D eigenvalue weighted by atomic mass is 35.5. The smallest absolute Gasteiger partial charge is 0.0563 e. The maximum absolute atomic E-state index is 8.52. The van der Waals surface area contributed by atoms with Crippen LogP contribution in [0.4, 0.5) is 0 Å². The third-order valence-corrected chi connectivity index (χ3v) is 0. The lowest BCUT2D eigenvalue weighted by molar-refractivity contribution is 0.101. The minimum Gasteiger partial charge on any atom is -0.391 e. The molecule has 0 aliphatic heterocycles. The van der Waals surface area contributed by atoms with E-state index in [1.807, 2.05) is 0 Å². The van der Waals surface area contributed by atoms with Crippen LogP contribution in [0.25, 0.3) is 0 Å². The van der Waals surface area contributed by atoms with Gasteiger partial charge in [-0.15, -0.1) is 24.8 Å². The zero-order chi connectivity index (χ0) is 9.00. The van der Waals surface area contributed by atoms with Gasteiger partial charge in [-0.1, -0.05) is 0 Å². The van der Waals surface area contributed by atoms with Crippen molar-refractivity contribution in [1.29, 1.82) is 0 Å². The highest BCUT2D eigenvalue weighted by Gasteiger charge is 1.98. The van der Waals surface area contributed by atoms with E-state index in [0.717, 1.165) is 0 Å². The second kappa shape index (κ2) is 8.11. The van der Waals surface area contributed by atoms with E-state index in [1.165, 1.54) is 0 Å². The molecule has 4 heteroatoms. The Labute approximate surface area is 88.2 Å². The first-order chi connectivity index (χ1) is 4.00. The fourth-order valence-corrected chi connectivity index (χ4v) is 0. The summed E-state index contributed by atoms with van der Waals surface area (Å²) in [5.41, 5.74) is -1.00. The van der Waals surface area contributed by atoms with Gasteiger partial charge < -0.3 is 10.2 Å². The lowest BCUT2D eigenvalue weighted by Crippen LogP contribution is -2.10. The monoisotopic (exact) mass is 220 g/mol. The molecule has 0 aromatic rings. The summed E-state index contributed by atoms with van der Waals surface area (Å²) in [4.78, 5) is 0. The van der Waals surface area contributed by atoms with Crippen LogP contribution in [0.1, 0.15) is 41.5 Å². The molecule has 0 atom stereocenters. The summed E-state index contributed by atoms with van der Waals surface area (Å²) < 4.78 is 0. The third kappa shape index (κ3) is 3790. The van der Waals surface area contributed by atoms with Crippen LogP contribution in [0, 0.1) is 0 Å². The number of halogens is 2. The molecule has 0 aliphatic carbocycles. The summed E-state index contributed by atoms with van der Waals surface area (Å²) in [7, 11) is 0. The van der Waals surface area contributed by atoms with Crippen molar-refractivity contribution in [2.24, 2.45) is 0 Å². The van der Waals surface area contributed by atoms with Gasteiger partial charge in [0, 0.05) is 0 Å². The summed E-state index contributed by atoms with van der Waals surface area (Å²) in [5, 5.41) is 17.0. The van der Waals surface area contributed by atoms with Crippen molar-refractivity contribution in [2.45, 2.75) is 52.7 Å². The standard InChI is InChI=1S/2C4H10O.2ClH/c2*1-4(2,3)5;;/h2*5H,1-3H3;2*1H. The second-order valence-electron chi connectivity index (χ2n) is 4.34. The van der Waals surface area contributed by atoms with Gasteiger partial charge in [-0.2, -0.15) is 0 Å². The number of rotatable bonds is 0. The minimum absolute atomic E-state index is 0.